The van der Waals surface area contributed by atoms with Crippen molar-refractivity contribution in [3.63, 3.8) is 0 Å². The Labute approximate surface area is 86.7 Å². The Hall–Kier alpha value is -1.14. The second-order valence-electron chi connectivity index (χ2n) is 2.38. The number of rotatable bonds is 1. The first-order chi connectivity index (χ1) is 6.70. The van der Waals surface area contributed by atoms with Gasteiger partial charge in [0.25, 0.3) is 0 Å². The molecular formula is C7H2ClF2N3S. The van der Waals surface area contributed by atoms with Crippen LogP contribution in [0.3, 0.4) is 0 Å². The first-order valence-corrected chi connectivity index (χ1v) is 4.58. The van der Waals surface area contributed by atoms with Gasteiger partial charge >= 0.3 is 0 Å². The standard InChI is InChI=1S/C7H2ClF2N3S/c8-7-6(12-14-13-7)5-3(9)1-11-2-4(5)10/h1-2H. The van der Waals surface area contributed by atoms with Crippen LogP contribution in [0.15, 0.2) is 12.4 Å². The topological polar surface area (TPSA) is 38.7 Å². The van der Waals surface area contributed by atoms with Crippen molar-refractivity contribution in [3.05, 3.63) is 29.2 Å². The maximum atomic E-state index is 13.2. The molecule has 0 saturated carbocycles. The van der Waals surface area contributed by atoms with E-state index >= 15 is 0 Å². The van der Waals surface area contributed by atoms with Crippen LogP contribution in [0.4, 0.5) is 8.78 Å². The van der Waals surface area contributed by atoms with Crippen LogP contribution >= 0.6 is 23.3 Å². The Morgan fingerprint density at radius 2 is 1.79 bits per heavy atom. The van der Waals surface area contributed by atoms with Crippen molar-refractivity contribution in [2.75, 3.05) is 0 Å². The molecule has 0 aliphatic heterocycles. The minimum absolute atomic E-state index is 0.00840. The Morgan fingerprint density at radius 3 is 2.29 bits per heavy atom. The van der Waals surface area contributed by atoms with Crippen LogP contribution in [-0.2, 0) is 0 Å². The minimum atomic E-state index is -0.806. The molecule has 0 fully saturated rings. The predicted molar refractivity (Wildman–Crippen MR) is 48.1 cm³/mol. The quantitative estimate of drug-likeness (QED) is 0.760. The fourth-order valence-electron chi connectivity index (χ4n) is 0.964. The molecule has 0 amide bonds. The average Bonchev–Trinajstić information content (AvgIpc) is 2.52. The first kappa shape index (κ1) is 9.42. The van der Waals surface area contributed by atoms with Gasteiger partial charge in [-0.1, -0.05) is 11.6 Å². The fourth-order valence-corrected chi connectivity index (χ4v) is 1.70. The van der Waals surface area contributed by atoms with Crippen LogP contribution in [0.5, 0.6) is 0 Å². The molecule has 2 heterocycles. The lowest BCUT2D eigenvalue weighted by atomic mass is 10.2. The molecule has 7 heteroatoms. The highest BCUT2D eigenvalue weighted by Gasteiger charge is 2.17. The number of pyridine rings is 1. The van der Waals surface area contributed by atoms with Gasteiger partial charge in [0, 0.05) is 0 Å². The van der Waals surface area contributed by atoms with Gasteiger partial charge in [-0.25, -0.2) is 8.78 Å². The summed E-state index contributed by atoms with van der Waals surface area (Å²) in [6, 6.07) is 0. The number of aromatic nitrogens is 3. The molecule has 0 aliphatic carbocycles. The van der Waals surface area contributed by atoms with Gasteiger partial charge in [-0.3, -0.25) is 4.98 Å². The number of hydrogen-bond donors (Lipinski definition) is 0. The Kier molecular flexibility index (Phi) is 2.39. The molecule has 2 aromatic heterocycles. The molecule has 72 valence electrons. The van der Waals surface area contributed by atoms with Gasteiger partial charge in [0.05, 0.1) is 29.7 Å². The number of nitrogens with zero attached hydrogens (tertiary/aromatic N) is 3. The van der Waals surface area contributed by atoms with E-state index < -0.39 is 11.6 Å². The molecule has 0 N–H and O–H groups in total. The third kappa shape index (κ3) is 1.46. The highest BCUT2D eigenvalue weighted by Crippen LogP contribution is 2.29. The largest absolute Gasteiger partial charge is 0.259 e. The molecule has 0 radical (unpaired) electrons. The third-order valence-electron chi connectivity index (χ3n) is 1.54. The predicted octanol–water partition coefficient (Wildman–Crippen LogP) is 2.53. The van der Waals surface area contributed by atoms with Gasteiger partial charge in [0.1, 0.15) is 5.69 Å². The maximum absolute atomic E-state index is 13.2. The van der Waals surface area contributed by atoms with E-state index in [0.717, 1.165) is 24.1 Å². The normalized spacial score (nSPS) is 10.5. The van der Waals surface area contributed by atoms with Crippen molar-refractivity contribution >= 4 is 23.3 Å². The van der Waals surface area contributed by atoms with Crippen LogP contribution in [0.25, 0.3) is 11.3 Å². The van der Waals surface area contributed by atoms with Crippen LogP contribution in [0.2, 0.25) is 5.15 Å². The summed E-state index contributed by atoms with van der Waals surface area (Å²) in [5.41, 5.74) is -0.284. The van der Waals surface area contributed by atoms with Crippen molar-refractivity contribution in [1.82, 2.24) is 13.7 Å². The zero-order chi connectivity index (χ0) is 10.1. The van der Waals surface area contributed by atoms with E-state index in [4.69, 9.17) is 11.6 Å². The lowest BCUT2D eigenvalue weighted by Crippen LogP contribution is -1.92. The van der Waals surface area contributed by atoms with Crippen molar-refractivity contribution in [3.8, 4) is 11.3 Å². The molecule has 0 spiro atoms. The molecule has 0 aromatic carbocycles. The van der Waals surface area contributed by atoms with Gasteiger partial charge < -0.3 is 0 Å². The minimum Gasteiger partial charge on any atom is -0.259 e. The first-order valence-electron chi connectivity index (χ1n) is 3.47. The van der Waals surface area contributed by atoms with Crippen molar-refractivity contribution in [2.24, 2.45) is 0 Å². The monoisotopic (exact) mass is 233 g/mol. The highest BCUT2D eigenvalue weighted by molar-refractivity contribution is 6.99. The number of hydrogen-bond acceptors (Lipinski definition) is 4. The van der Waals surface area contributed by atoms with Gasteiger partial charge in [0.15, 0.2) is 16.8 Å². The molecule has 0 unspecified atom stereocenters. The Bertz CT molecular complexity index is 453. The Morgan fingerprint density at radius 1 is 1.14 bits per heavy atom. The van der Waals surface area contributed by atoms with Crippen LogP contribution in [0, 0.1) is 11.6 Å². The summed E-state index contributed by atoms with van der Waals surface area (Å²) >= 11 is 6.39. The Balaban J connectivity index is 2.68. The molecule has 0 aliphatic rings. The van der Waals surface area contributed by atoms with Crippen molar-refractivity contribution in [2.45, 2.75) is 0 Å². The summed E-state index contributed by atoms with van der Waals surface area (Å²) in [5, 5.41) is -0.0148. The molecular weight excluding hydrogens is 232 g/mol. The summed E-state index contributed by atoms with van der Waals surface area (Å²) in [5.74, 6) is -1.61. The van der Waals surface area contributed by atoms with E-state index in [-0.39, 0.29) is 16.4 Å². The summed E-state index contributed by atoms with van der Waals surface area (Å²) in [4.78, 5) is 3.35. The van der Waals surface area contributed by atoms with Crippen LogP contribution in [0.1, 0.15) is 0 Å². The third-order valence-corrected chi connectivity index (χ3v) is 2.43. The molecule has 14 heavy (non-hydrogen) atoms. The summed E-state index contributed by atoms with van der Waals surface area (Å²) in [6.45, 7) is 0. The summed E-state index contributed by atoms with van der Waals surface area (Å²) in [6.07, 6.45) is 1.79. The second-order valence-corrected chi connectivity index (χ2v) is 3.27. The van der Waals surface area contributed by atoms with E-state index in [0.29, 0.717) is 0 Å². The molecule has 0 atom stereocenters. The second kappa shape index (κ2) is 3.55. The zero-order valence-electron chi connectivity index (χ0n) is 6.54. The molecule has 3 nitrogen and oxygen atoms in total. The highest BCUT2D eigenvalue weighted by atomic mass is 35.5. The molecule has 0 bridgehead atoms. The lowest BCUT2D eigenvalue weighted by molar-refractivity contribution is 0.578. The summed E-state index contributed by atoms with van der Waals surface area (Å²) < 4.78 is 33.7. The average molecular weight is 234 g/mol. The van der Waals surface area contributed by atoms with E-state index in [1.165, 1.54) is 0 Å². The lowest BCUT2D eigenvalue weighted by Gasteiger charge is -1.99. The maximum Gasteiger partial charge on any atom is 0.171 e. The molecule has 0 saturated heterocycles. The summed E-state index contributed by atoms with van der Waals surface area (Å²) in [7, 11) is 0. The van der Waals surface area contributed by atoms with Gasteiger partial charge in [-0.2, -0.15) is 8.75 Å². The fraction of sp³-hybridized carbons (Fsp3) is 0. The van der Waals surface area contributed by atoms with Crippen molar-refractivity contribution in [1.29, 1.82) is 0 Å². The van der Waals surface area contributed by atoms with E-state index in [2.05, 4.69) is 13.7 Å². The van der Waals surface area contributed by atoms with Crippen LogP contribution in [-0.4, -0.2) is 13.7 Å². The molecule has 2 rings (SSSR count). The zero-order valence-corrected chi connectivity index (χ0v) is 8.11. The van der Waals surface area contributed by atoms with Gasteiger partial charge in [0.2, 0.25) is 0 Å². The smallest absolute Gasteiger partial charge is 0.171 e. The van der Waals surface area contributed by atoms with E-state index in [1.54, 1.807) is 0 Å². The van der Waals surface area contributed by atoms with E-state index in [1.807, 2.05) is 0 Å². The number of halogens is 3. The van der Waals surface area contributed by atoms with Crippen LogP contribution < -0.4 is 0 Å². The molecule has 2 aromatic rings. The van der Waals surface area contributed by atoms with Gasteiger partial charge in [-0.05, 0) is 0 Å². The van der Waals surface area contributed by atoms with Crippen molar-refractivity contribution < 1.29 is 8.78 Å². The van der Waals surface area contributed by atoms with E-state index in [9.17, 15) is 8.78 Å². The SMILES string of the molecule is Fc1cncc(F)c1-c1nsnc1Cl. The van der Waals surface area contributed by atoms with Gasteiger partial charge in [-0.15, -0.1) is 0 Å².